The third-order valence-corrected chi connectivity index (χ3v) is 4.40. The number of methoxy groups -OCH3 is 1. The number of hydrogen-bond acceptors (Lipinski definition) is 4. The van der Waals surface area contributed by atoms with Crippen LogP contribution >= 0.6 is 0 Å². The van der Waals surface area contributed by atoms with Gasteiger partial charge in [0.25, 0.3) is 0 Å². The summed E-state index contributed by atoms with van der Waals surface area (Å²) in [5.41, 5.74) is 4.34. The van der Waals surface area contributed by atoms with E-state index in [0.717, 1.165) is 22.7 Å². The lowest BCUT2D eigenvalue weighted by Crippen LogP contribution is -2.05. The third-order valence-electron chi connectivity index (χ3n) is 4.40. The maximum atomic E-state index is 6.01. The van der Waals surface area contributed by atoms with Crippen LogP contribution in [0.4, 0.5) is 5.69 Å². The Hall–Kier alpha value is -3.53. The molecular formula is C25H25NO3. The van der Waals surface area contributed by atoms with E-state index in [1.165, 1.54) is 11.1 Å². The maximum Gasteiger partial charge on any atom is 0.222 e. The average Bonchev–Trinajstić information content (AvgIpc) is 2.71. The molecule has 0 saturated carbocycles. The predicted octanol–water partition coefficient (Wildman–Crippen LogP) is 6.32. The maximum absolute atomic E-state index is 6.01. The largest absolute Gasteiger partial charge is 0.497 e. The van der Waals surface area contributed by atoms with E-state index in [1.807, 2.05) is 67.6 Å². The van der Waals surface area contributed by atoms with Gasteiger partial charge in [-0.3, -0.25) is 0 Å². The molecule has 0 aliphatic carbocycles. The van der Waals surface area contributed by atoms with Crippen LogP contribution < -0.4 is 14.2 Å². The fraction of sp³-hybridized carbons (Fsp3) is 0.160. The Labute approximate surface area is 172 Å². The zero-order valence-corrected chi connectivity index (χ0v) is 17.2. The van der Waals surface area contributed by atoms with Crippen molar-refractivity contribution in [3.8, 4) is 17.2 Å². The smallest absolute Gasteiger partial charge is 0.222 e. The molecule has 0 atom stereocenters. The van der Waals surface area contributed by atoms with Crippen LogP contribution in [-0.4, -0.2) is 13.0 Å². The first kappa shape index (κ1) is 20.2. The summed E-state index contributed by atoms with van der Waals surface area (Å²) in [6, 6.07) is 21.3. The number of rotatable bonds is 6. The molecule has 0 spiro atoms. The number of ether oxygens (including phenoxy) is 3. The fourth-order valence-electron chi connectivity index (χ4n) is 2.66. The number of nitrogens with zero attached hydrogens (tertiary/aromatic N) is 1. The minimum absolute atomic E-state index is 0.432. The molecule has 0 amide bonds. The molecule has 29 heavy (non-hydrogen) atoms. The van der Waals surface area contributed by atoms with E-state index in [9.17, 15) is 0 Å². The Morgan fingerprint density at radius 2 is 1.55 bits per heavy atom. The first-order valence-electron chi connectivity index (χ1n) is 9.41. The van der Waals surface area contributed by atoms with Crippen molar-refractivity contribution in [3.05, 3.63) is 95.8 Å². The van der Waals surface area contributed by atoms with E-state index in [2.05, 4.69) is 24.9 Å². The van der Waals surface area contributed by atoms with Gasteiger partial charge in [0.2, 0.25) is 5.90 Å². The van der Waals surface area contributed by atoms with Crippen molar-refractivity contribution in [1.29, 1.82) is 0 Å². The zero-order chi connectivity index (χ0) is 20.6. The second-order valence-electron chi connectivity index (χ2n) is 6.74. The Morgan fingerprint density at radius 1 is 0.793 bits per heavy atom. The van der Waals surface area contributed by atoms with Gasteiger partial charge < -0.3 is 14.2 Å². The van der Waals surface area contributed by atoms with Gasteiger partial charge in [-0.1, -0.05) is 24.3 Å². The minimum Gasteiger partial charge on any atom is -0.497 e. The number of aliphatic imine (C=N–C) groups is 1. The molecular weight excluding hydrogens is 362 g/mol. The van der Waals surface area contributed by atoms with Crippen molar-refractivity contribution in [3.63, 3.8) is 0 Å². The first-order valence-corrected chi connectivity index (χ1v) is 9.41. The van der Waals surface area contributed by atoms with E-state index >= 15 is 0 Å². The molecule has 0 aliphatic rings. The van der Waals surface area contributed by atoms with Crippen LogP contribution in [0.5, 0.6) is 17.2 Å². The highest BCUT2D eigenvalue weighted by Gasteiger charge is 2.03. The van der Waals surface area contributed by atoms with Gasteiger partial charge in [-0.05, 0) is 73.9 Å². The van der Waals surface area contributed by atoms with Crippen LogP contribution in [0, 0.1) is 20.8 Å². The number of aryl methyl sites for hydroxylation is 3. The molecule has 0 saturated heterocycles. The molecule has 3 aromatic rings. The second-order valence-corrected chi connectivity index (χ2v) is 6.74. The van der Waals surface area contributed by atoms with E-state index in [1.54, 1.807) is 19.4 Å². The van der Waals surface area contributed by atoms with Crippen molar-refractivity contribution >= 4 is 11.6 Å². The second kappa shape index (κ2) is 9.60. The lowest BCUT2D eigenvalue weighted by Gasteiger charge is -2.08. The SMILES string of the molecule is COc1cccc(OC=CC(=Nc2ccc(C)c(C)c2)Oc2cccc(C)c2)c1. The highest BCUT2D eigenvalue weighted by Crippen LogP contribution is 2.21. The van der Waals surface area contributed by atoms with Crippen LogP contribution in [0.2, 0.25) is 0 Å². The highest BCUT2D eigenvalue weighted by atomic mass is 16.5. The summed E-state index contributed by atoms with van der Waals surface area (Å²) in [4.78, 5) is 4.65. The van der Waals surface area contributed by atoms with Crippen LogP contribution in [0.1, 0.15) is 16.7 Å². The highest BCUT2D eigenvalue weighted by molar-refractivity contribution is 5.91. The summed E-state index contributed by atoms with van der Waals surface area (Å²) in [5.74, 6) is 2.55. The number of benzene rings is 3. The molecule has 0 unspecified atom stereocenters. The first-order chi connectivity index (χ1) is 14.0. The van der Waals surface area contributed by atoms with Crippen molar-refractivity contribution in [2.75, 3.05) is 7.11 Å². The van der Waals surface area contributed by atoms with E-state index in [4.69, 9.17) is 14.2 Å². The Morgan fingerprint density at radius 3 is 2.31 bits per heavy atom. The van der Waals surface area contributed by atoms with Crippen molar-refractivity contribution in [1.82, 2.24) is 0 Å². The van der Waals surface area contributed by atoms with Crippen LogP contribution in [0.25, 0.3) is 0 Å². The van der Waals surface area contributed by atoms with Crippen LogP contribution in [-0.2, 0) is 0 Å². The Balaban J connectivity index is 1.84. The van der Waals surface area contributed by atoms with Crippen molar-refractivity contribution < 1.29 is 14.2 Å². The van der Waals surface area contributed by atoms with Gasteiger partial charge in [0, 0.05) is 12.1 Å². The van der Waals surface area contributed by atoms with Gasteiger partial charge in [-0.25, -0.2) is 4.99 Å². The fourth-order valence-corrected chi connectivity index (χ4v) is 2.66. The summed E-state index contributed by atoms with van der Waals surface area (Å²) in [6.07, 6.45) is 3.27. The standard InChI is InChI=1S/C25H25NO3/c1-18-7-5-10-24(15-18)29-25(26-21-12-11-19(2)20(3)16-21)13-14-28-23-9-6-8-22(17-23)27-4/h5-17H,1-4H3. The summed E-state index contributed by atoms with van der Waals surface area (Å²) in [7, 11) is 1.62. The Bertz CT molecular complexity index is 1040. The summed E-state index contributed by atoms with van der Waals surface area (Å²) >= 11 is 0. The van der Waals surface area contributed by atoms with Gasteiger partial charge in [0.1, 0.15) is 17.2 Å². The van der Waals surface area contributed by atoms with Crippen molar-refractivity contribution in [2.45, 2.75) is 20.8 Å². The molecule has 0 aliphatic heterocycles. The topological polar surface area (TPSA) is 40.0 Å². The van der Waals surface area contributed by atoms with E-state index < -0.39 is 0 Å². The molecule has 0 N–H and O–H groups in total. The molecule has 0 radical (unpaired) electrons. The number of hydrogen-bond donors (Lipinski definition) is 0. The summed E-state index contributed by atoms with van der Waals surface area (Å²) in [6.45, 7) is 6.17. The molecule has 3 rings (SSSR count). The van der Waals surface area contributed by atoms with Gasteiger partial charge in [0.05, 0.1) is 19.1 Å². The van der Waals surface area contributed by atoms with Gasteiger partial charge in [-0.2, -0.15) is 0 Å². The predicted molar refractivity (Wildman–Crippen MR) is 118 cm³/mol. The summed E-state index contributed by atoms with van der Waals surface area (Å²) in [5, 5.41) is 0. The average molecular weight is 387 g/mol. The van der Waals surface area contributed by atoms with E-state index in [0.29, 0.717) is 11.6 Å². The third kappa shape index (κ3) is 5.98. The monoisotopic (exact) mass is 387 g/mol. The zero-order valence-electron chi connectivity index (χ0n) is 17.2. The lowest BCUT2D eigenvalue weighted by atomic mass is 10.1. The molecule has 0 heterocycles. The molecule has 4 nitrogen and oxygen atoms in total. The molecule has 3 aromatic carbocycles. The molecule has 4 heteroatoms. The molecule has 148 valence electrons. The molecule has 0 fully saturated rings. The van der Waals surface area contributed by atoms with Gasteiger partial charge in [-0.15, -0.1) is 0 Å². The minimum atomic E-state index is 0.432. The van der Waals surface area contributed by atoms with E-state index in [-0.39, 0.29) is 0 Å². The molecule has 0 aromatic heterocycles. The molecule has 0 bridgehead atoms. The van der Waals surface area contributed by atoms with Crippen LogP contribution in [0.3, 0.4) is 0 Å². The van der Waals surface area contributed by atoms with Gasteiger partial charge in [0.15, 0.2) is 0 Å². The van der Waals surface area contributed by atoms with Crippen LogP contribution in [0.15, 0.2) is 84.1 Å². The van der Waals surface area contributed by atoms with Crippen molar-refractivity contribution in [2.24, 2.45) is 4.99 Å². The quantitative estimate of drug-likeness (QED) is 0.282. The Kier molecular flexibility index (Phi) is 6.69. The van der Waals surface area contributed by atoms with Gasteiger partial charge >= 0.3 is 0 Å². The lowest BCUT2D eigenvalue weighted by molar-refractivity contribution is 0.409. The normalized spacial score (nSPS) is 11.5. The summed E-state index contributed by atoms with van der Waals surface area (Å²) < 4.78 is 16.9.